The van der Waals surface area contributed by atoms with Crippen LogP contribution >= 0.6 is 11.6 Å². The molecule has 3 aromatic rings. The zero-order valence-corrected chi connectivity index (χ0v) is 22.4. The van der Waals surface area contributed by atoms with Crippen molar-refractivity contribution in [2.45, 2.75) is 31.7 Å². The predicted octanol–water partition coefficient (Wildman–Crippen LogP) is 4.36. The van der Waals surface area contributed by atoms with Gasteiger partial charge < -0.3 is 29.9 Å². The molecule has 2 saturated heterocycles. The van der Waals surface area contributed by atoms with E-state index in [2.05, 4.69) is 10.6 Å². The number of piperidine rings is 1. The van der Waals surface area contributed by atoms with E-state index in [-0.39, 0.29) is 17.6 Å². The SMILES string of the molecule is COc1cc2nc(N3CCN(C(=O)CC4CCCCN4)CC3)nc(Nc3ccc(Cl)cc3F)c2cc1OC. The van der Waals surface area contributed by atoms with E-state index < -0.39 is 5.82 Å². The molecule has 11 heteroatoms. The Balaban J connectivity index is 1.40. The van der Waals surface area contributed by atoms with Gasteiger partial charge in [-0.15, -0.1) is 0 Å². The number of halogens is 2. The predicted molar refractivity (Wildman–Crippen MR) is 146 cm³/mol. The lowest BCUT2D eigenvalue weighted by Gasteiger charge is -2.36. The molecule has 1 amide bonds. The summed E-state index contributed by atoms with van der Waals surface area (Å²) in [4.78, 5) is 26.4. The molecular formula is C27H32ClFN6O3. The minimum Gasteiger partial charge on any atom is -0.493 e. The van der Waals surface area contributed by atoms with Gasteiger partial charge in [0.25, 0.3) is 0 Å². The highest BCUT2D eigenvalue weighted by atomic mass is 35.5. The monoisotopic (exact) mass is 542 g/mol. The van der Waals surface area contributed by atoms with Gasteiger partial charge in [-0.05, 0) is 43.7 Å². The number of carbonyl (C=O) groups is 1. The number of piperazine rings is 1. The molecule has 9 nitrogen and oxygen atoms in total. The first kappa shape index (κ1) is 26.2. The molecule has 0 spiro atoms. The summed E-state index contributed by atoms with van der Waals surface area (Å²) in [5, 5.41) is 7.51. The second-order valence-electron chi connectivity index (χ2n) is 9.56. The molecule has 2 aliphatic heterocycles. The van der Waals surface area contributed by atoms with Gasteiger partial charge >= 0.3 is 0 Å². The van der Waals surface area contributed by atoms with Crippen LogP contribution in [0.5, 0.6) is 11.5 Å². The Bertz CT molecular complexity index is 1310. The molecule has 2 N–H and O–H groups in total. The van der Waals surface area contributed by atoms with E-state index in [4.69, 9.17) is 31.0 Å². The fourth-order valence-corrected chi connectivity index (χ4v) is 5.15. The van der Waals surface area contributed by atoms with Crippen molar-refractivity contribution >= 4 is 45.9 Å². The lowest BCUT2D eigenvalue weighted by molar-refractivity contribution is -0.132. The van der Waals surface area contributed by atoms with Crippen molar-refractivity contribution in [1.82, 2.24) is 20.2 Å². The fourth-order valence-electron chi connectivity index (χ4n) is 4.99. The molecule has 2 fully saturated rings. The third kappa shape index (κ3) is 5.71. The first-order chi connectivity index (χ1) is 18.4. The van der Waals surface area contributed by atoms with Crippen molar-refractivity contribution in [3.05, 3.63) is 41.2 Å². The van der Waals surface area contributed by atoms with Crippen LogP contribution in [0.15, 0.2) is 30.3 Å². The number of amides is 1. The molecule has 1 atom stereocenters. The molecule has 0 bridgehead atoms. The van der Waals surface area contributed by atoms with Gasteiger partial charge in [0.1, 0.15) is 11.6 Å². The van der Waals surface area contributed by atoms with Crippen LogP contribution in [0.1, 0.15) is 25.7 Å². The average molecular weight is 543 g/mol. The number of benzene rings is 2. The Kier molecular flexibility index (Phi) is 7.99. The van der Waals surface area contributed by atoms with Crippen LogP contribution in [-0.4, -0.2) is 73.8 Å². The van der Waals surface area contributed by atoms with Crippen molar-refractivity contribution in [2.24, 2.45) is 0 Å². The molecule has 3 heterocycles. The standard InChI is InChI=1S/C27H32ClFN6O3/c1-37-23-15-19-22(16-24(23)38-2)32-27(33-26(19)31-21-7-6-17(28)13-20(21)29)35-11-9-34(10-12-35)25(36)14-18-5-3-4-8-30-18/h6-7,13,15-16,18,30H,3-5,8-12,14H2,1-2H3,(H,31,32,33). The summed E-state index contributed by atoms with van der Waals surface area (Å²) in [6.45, 7) is 3.35. The van der Waals surface area contributed by atoms with Crippen LogP contribution in [0.2, 0.25) is 5.02 Å². The molecule has 1 aromatic heterocycles. The van der Waals surface area contributed by atoms with Crippen LogP contribution in [0.3, 0.4) is 0 Å². The smallest absolute Gasteiger partial charge is 0.228 e. The fraction of sp³-hybridized carbons (Fsp3) is 0.444. The van der Waals surface area contributed by atoms with Gasteiger partial charge in [0, 0.05) is 55.1 Å². The maximum absolute atomic E-state index is 14.7. The highest BCUT2D eigenvalue weighted by molar-refractivity contribution is 6.30. The zero-order valence-electron chi connectivity index (χ0n) is 21.6. The third-order valence-electron chi connectivity index (χ3n) is 7.12. The molecule has 202 valence electrons. The van der Waals surface area contributed by atoms with Crippen LogP contribution in [-0.2, 0) is 4.79 Å². The first-order valence-electron chi connectivity index (χ1n) is 12.9. The maximum atomic E-state index is 14.7. The largest absolute Gasteiger partial charge is 0.493 e. The number of anilines is 3. The van der Waals surface area contributed by atoms with Crippen LogP contribution in [0.4, 0.5) is 21.8 Å². The van der Waals surface area contributed by atoms with Crippen molar-refractivity contribution in [2.75, 3.05) is 57.2 Å². The summed E-state index contributed by atoms with van der Waals surface area (Å²) in [5.74, 6) is 1.64. The van der Waals surface area contributed by atoms with Gasteiger partial charge in [0.05, 0.1) is 25.4 Å². The second kappa shape index (κ2) is 11.6. The number of fused-ring (bicyclic) bond motifs is 1. The van der Waals surface area contributed by atoms with E-state index in [1.165, 1.54) is 18.9 Å². The number of methoxy groups -OCH3 is 2. The number of hydrogen-bond donors (Lipinski definition) is 2. The summed E-state index contributed by atoms with van der Waals surface area (Å²) in [6, 6.07) is 8.24. The summed E-state index contributed by atoms with van der Waals surface area (Å²) < 4.78 is 25.6. The second-order valence-corrected chi connectivity index (χ2v) is 10.0. The molecular weight excluding hydrogens is 511 g/mol. The molecule has 38 heavy (non-hydrogen) atoms. The minimum atomic E-state index is -0.495. The number of rotatable bonds is 7. The van der Waals surface area contributed by atoms with E-state index in [0.717, 1.165) is 13.0 Å². The first-order valence-corrected chi connectivity index (χ1v) is 13.2. The van der Waals surface area contributed by atoms with Crippen LogP contribution < -0.4 is 25.0 Å². The number of nitrogens with zero attached hydrogens (tertiary/aromatic N) is 4. The summed E-state index contributed by atoms with van der Waals surface area (Å²) in [7, 11) is 3.11. The summed E-state index contributed by atoms with van der Waals surface area (Å²) >= 11 is 5.94. The summed E-state index contributed by atoms with van der Waals surface area (Å²) in [6.07, 6.45) is 3.93. The Morgan fingerprint density at radius 3 is 2.55 bits per heavy atom. The average Bonchev–Trinajstić information content (AvgIpc) is 2.94. The van der Waals surface area contributed by atoms with Gasteiger partial charge in [0.15, 0.2) is 11.5 Å². The number of nitrogens with one attached hydrogen (secondary N) is 2. The maximum Gasteiger partial charge on any atom is 0.228 e. The van der Waals surface area contributed by atoms with E-state index >= 15 is 0 Å². The Morgan fingerprint density at radius 2 is 1.87 bits per heavy atom. The van der Waals surface area contributed by atoms with Crippen LogP contribution in [0.25, 0.3) is 10.9 Å². The third-order valence-corrected chi connectivity index (χ3v) is 7.36. The van der Waals surface area contributed by atoms with E-state index in [1.807, 2.05) is 9.80 Å². The lowest BCUT2D eigenvalue weighted by atomic mass is 10.0. The highest BCUT2D eigenvalue weighted by Crippen LogP contribution is 2.36. The van der Waals surface area contributed by atoms with Gasteiger partial charge in [-0.3, -0.25) is 4.79 Å². The van der Waals surface area contributed by atoms with Crippen molar-refractivity contribution in [3.63, 3.8) is 0 Å². The van der Waals surface area contributed by atoms with Crippen molar-refractivity contribution in [1.29, 1.82) is 0 Å². The molecule has 0 aliphatic carbocycles. The highest BCUT2D eigenvalue weighted by Gasteiger charge is 2.26. The molecule has 2 aliphatic rings. The molecule has 5 rings (SSSR count). The quantitative estimate of drug-likeness (QED) is 0.455. The Hall–Kier alpha value is -3.37. The van der Waals surface area contributed by atoms with Gasteiger partial charge in [-0.1, -0.05) is 18.0 Å². The topological polar surface area (TPSA) is 91.9 Å². The van der Waals surface area contributed by atoms with E-state index in [9.17, 15) is 9.18 Å². The van der Waals surface area contributed by atoms with E-state index in [1.54, 1.807) is 38.5 Å². The Morgan fingerprint density at radius 1 is 1.11 bits per heavy atom. The minimum absolute atomic E-state index is 0.181. The van der Waals surface area contributed by atoms with Gasteiger partial charge in [0.2, 0.25) is 11.9 Å². The molecule has 0 saturated carbocycles. The molecule has 0 radical (unpaired) electrons. The molecule has 1 unspecified atom stereocenters. The van der Waals surface area contributed by atoms with Crippen molar-refractivity contribution in [3.8, 4) is 11.5 Å². The number of ether oxygens (including phenoxy) is 2. The Labute approximate surface area is 226 Å². The van der Waals surface area contributed by atoms with Crippen LogP contribution in [0, 0.1) is 5.82 Å². The lowest BCUT2D eigenvalue weighted by Crippen LogP contribution is -2.50. The van der Waals surface area contributed by atoms with Gasteiger partial charge in [-0.25, -0.2) is 9.37 Å². The molecule has 2 aromatic carbocycles. The normalized spacial score (nSPS) is 17.9. The number of aromatic nitrogens is 2. The zero-order chi connectivity index (χ0) is 26.6. The van der Waals surface area contributed by atoms with E-state index in [0.29, 0.717) is 71.8 Å². The summed E-state index contributed by atoms with van der Waals surface area (Å²) in [5.41, 5.74) is 0.855. The van der Waals surface area contributed by atoms with Crippen molar-refractivity contribution < 1.29 is 18.7 Å². The van der Waals surface area contributed by atoms with Gasteiger partial charge in [-0.2, -0.15) is 4.98 Å². The number of hydrogen-bond acceptors (Lipinski definition) is 8. The number of carbonyl (C=O) groups excluding carboxylic acids is 1.